The van der Waals surface area contributed by atoms with E-state index < -0.39 is 0 Å². The molecule has 0 bridgehead atoms. The molecule has 18 heavy (non-hydrogen) atoms. The average Bonchev–Trinajstić information content (AvgIpc) is 2.72. The highest BCUT2D eigenvalue weighted by Gasteiger charge is 2.28. The lowest BCUT2D eigenvalue weighted by molar-refractivity contribution is 0.150. The molecule has 0 unspecified atom stereocenters. The first-order valence-electron chi connectivity index (χ1n) is 6.01. The molecule has 1 saturated heterocycles. The average molecular weight is 285 g/mol. The third kappa shape index (κ3) is 3.14. The zero-order valence-electron chi connectivity index (χ0n) is 10.7. The molecule has 0 spiro atoms. The van der Waals surface area contributed by atoms with Crippen molar-refractivity contribution in [3.63, 3.8) is 0 Å². The van der Waals surface area contributed by atoms with Gasteiger partial charge < -0.3 is 10.2 Å². The van der Waals surface area contributed by atoms with Crippen LogP contribution in [0.1, 0.15) is 24.6 Å². The molecule has 0 saturated carbocycles. The highest BCUT2D eigenvalue weighted by atomic mass is 35.5. The third-order valence-corrected chi connectivity index (χ3v) is 4.85. The van der Waals surface area contributed by atoms with Crippen molar-refractivity contribution in [2.75, 3.05) is 32.0 Å². The maximum atomic E-state index is 8.83. The maximum absolute atomic E-state index is 8.83. The van der Waals surface area contributed by atoms with Gasteiger partial charge in [0.25, 0.3) is 0 Å². The second kappa shape index (κ2) is 5.43. The van der Waals surface area contributed by atoms with Gasteiger partial charge in [-0.3, -0.25) is 0 Å². The molecule has 1 aromatic heterocycles. The van der Waals surface area contributed by atoms with Gasteiger partial charge in [0.2, 0.25) is 0 Å². The van der Waals surface area contributed by atoms with E-state index in [0.29, 0.717) is 15.4 Å². The van der Waals surface area contributed by atoms with Crippen LogP contribution in [0.25, 0.3) is 0 Å². The zero-order chi connectivity index (χ0) is 13.2. The van der Waals surface area contributed by atoms with Crippen LogP contribution in [0.2, 0.25) is 5.15 Å². The molecule has 0 aromatic carbocycles. The molecule has 2 rings (SSSR count). The van der Waals surface area contributed by atoms with Crippen molar-refractivity contribution in [1.29, 1.82) is 5.26 Å². The van der Waals surface area contributed by atoms with E-state index >= 15 is 0 Å². The molecular weight excluding hydrogens is 268 g/mol. The van der Waals surface area contributed by atoms with Gasteiger partial charge in [0.05, 0.1) is 0 Å². The summed E-state index contributed by atoms with van der Waals surface area (Å²) in [5.74, 6) is 0. The van der Waals surface area contributed by atoms with E-state index in [-0.39, 0.29) is 0 Å². The molecule has 1 aliphatic rings. The van der Waals surface area contributed by atoms with Crippen molar-refractivity contribution in [3.8, 4) is 6.07 Å². The summed E-state index contributed by atoms with van der Waals surface area (Å²) in [6, 6.07) is 2.05. The SMILES string of the molecule is CN1CCC(C)(CNc2nc(Cl)c(C#N)s2)CC1. The standard InChI is InChI=1S/C12H17ClN4S/c1-12(3-5-17(2)6-4-12)8-15-11-16-10(13)9(7-14)18-11/h3-6,8H2,1-2H3,(H,15,16). The van der Waals surface area contributed by atoms with Crippen molar-refractivity contribution in [2.24, 2.45) is 5.41 Å². The Morgan fingerprint density at radius 1 is 1.56 bits per heavy atom. The summed E-state index contributed by atoms with van der Waals surface area (Å²) >= 11 is 7.17. The number of hydrogen-bond donors (Lipinski definition) is 1. The van der Waals surface area contributed by atoms with Crippen LogP contribution in [0.4, 0.5) is 5.13 Å². The number of nitrogens with zero attached hydrogens (tertiary/aromatic N) is 3. The van der Waals surface area contributed by atoms with Crippen LogP contribution in [-0.4, -0.2) is 36.6 Å². The fraction of sp³-hybridized carbons (Fsp3) is 0.667. The lowest BCUT2D eigenvalue weighted by Crippen LogP contribution is -2.40. The smallest absolute Gasteiger partial charge is 0.185 e. The summed E-state index contributed by atoms with van der Waals surface area (Å²) < 4.78 is 0. The third-order valence-electron chi connectivity index (χ3n) is 3.55. The van der Waals surface area contributed by atoms with Crippen LogP contribution >= 0.6 is 22.9 Å². The molecule has 1 aromatic rings. The first kappa shape index (κ1) is 13.6. The summed E-state index contributed by atoms with van der Waals surface area (Å²) in [5, 5.41) is 13.2. The number of nitriles is 1. The van der Waals surface area contributed by atoms with E-state index in [9.17, 15) is 0 Å². The summed E-state index contributed by atoms with van der Waals surface area (Å²) in [5.41, 5.74) is 0.303. The van der Waals surface area contributed by atoms with Gasteiger partial charge in [-0.05, 0) is 38.4 Å². The van der Waals surface area contributed by atoms with Gasteiger partial charge in [0.15, 0.2) is 10.3 Å². The van der Waals surface area contributed by atoms with Gasteiger partial charge >= 0.3 is 0 Å². The molecule has 0 radical (unpaired) electrons. The van der Waals surface area contributed by atoms with Crippen molar-refractivity contribution >= 4 is 28.1 Å². The van der Waals surface area contributed by atoms with E-state index in [1.54, 1.807) is 0 Å². The minimum absolute atomic E-state index is 0.303. The van der Waals surface area contributed by atoms with Crippen LogP contribution in [0, 0.1) is 16.7 Å². The van der Waals surface area contributed by atoms with Crippen molar-refractivity contribution in [1.82, 2.24) is 9.88 Å². The molecule has 4 nitrogen and oxygen atoms in total. The topological polar surface area (TPSA) is 52.0 Å². The Balaban J connectivity index is 1.93. The summed E-state index contributed by atoms with van der Waals surface area (Å²) in [7, 11) is 2.16. The fourth-order valence-corrected chi connectivity index (χ4v) is 3.01. The van der Waals surface area contributed by atoms with Gasteiger partial charge in [0.1, 0.15) is 10.9 Å². The number of likely N-dealkylation sites (tertiary alicyclic amines) is 1. The number of hydrogen-bond acceptors (Lipinski definition) is 5. The molecule has 6 heteroatoms. The normalized spacial score (nSPS) is 19.4. The molecule has 1 fully saturated rings. The molecule has 2 heterocycles. The predicted octanol–water partition coefficient (Wildman–Crippen LogP) is 2.81. The van der Waals surface area contributed by atoms with Gasteiger partial charge in [-0.2, -0.15) is 5.26 Å². The number of anilines is 1. The van der Waals surface area contributed by atoms with E-state index in [1.165, 1.54) is 24.2 Å². The summed E-state index contributed by atoms with van der Waals surface area (Å²) in [6.07, 6.45) is 2.36. The Bertz CT molecular complexity index is 457. The Kier molecular flexibility index (Phi) is 4.10. The highest BCUT2D eigenvalue weighted by Crippen LogP contribution is 2.32. The van der Waals surface area contributed by atoms with E-state index in [0.717, 1.165) is 24.8 Å². The van der Waals surface area contributed by atoms with Crippen LogP contribution < -0.4 is 5.32 Å². The van der Waals surface area contributed by atoms with Gasteiger partial charge in [-0.25, -0.2) is 4.98 Å². The first-order valence-corrected chi connectivity index (χ1v) is 7.21. The largest absolute Gasteiger partial charge is 0.361 e. The molecule has 0 aliphatic carbocycles. The lowest BCUT2D eigenvalue weighted by atomic mass is 9.80. The van der Waals surface area contributed by atoms with Gasteiger partial charge in [0, 0.05) is 6.54 Å². The Morgan fingerprint density at radius 3 is 2.78 bits per heavy atom. The van der Waals surface area contributed by atoms with Crippen LogP contribution in [0.15, 0.2) is 0 Å². The van der Waals surface area contributed by atoms with E-state index in [2.05, 4.69) is 29.2 Å². The molecule has 1 N–H and O–H groups in total. The Morgan fingerprint density at radius 2 is 2.22 bits per heavy atom. The number of rotatable bonds is 3. The molecular formula is C12H17ClN4S. The second-order valence-corrected chi connectivity index (χ2v) is 6.58. The van der Waals surface area contributed by atoms with Crippen molar-refractivity contribution in [3.05, 3.63) is 10.0 Å². The maximum Gasteiger partial charge on any atom is 0.185 e. The molecule has 0 amide bonds. The number of thiazole rings is 1. The lowest BCUT2D eigenvalue weighted by Gasteiger charge is -2.37. The predicted molar refractivity (Wildman–Crippen MR) is 75.2 cm³/mol. The molecule has 98 valence electrons. The highest BCUT2D eigenvalue weighted by molar-refractivity contribution is 7.16. The molecule has 1 aliphatic heterocycles. The van der Waals surface area contributed by atoms with Crippen LogP contribution in [0.3, 0.4) is 0 Å². The van der Waals surface area contributed by atoms with Crippen LogP contribution in [0.5, 0.6) is 0 Å². The first-order chi connectivity index (χ1) is 8.52. The van der Waals surface area contributed by atoms with E-state index in [4.69, 9.17) is 16.9 Å². The van der Waals surface area contributed by atoms with Crippen molar-refractivity contribution in [2.45, 2.75) is 19.8 Å². The Hall–Kier alpha value is -0.830. The monoisotopic (exact) mass is 284 g/mol. The minimum Gasteiger partial charge on any atom is -0.361 e. The van der Waals surface area contributed by atoms with Gasteiger partial charge in [-0.15, -0.1) is 0 Å². The van der Waals surface area contributed by atoms with Crippen LogP contribution in [-0.2, 0) is 0 Å². The summed E-state index contributed by atoms with van der Waals surface area (Å²) in [4.78, 5) is 6.99. The summed E-state index contributed by atoms with van der Waals surface area (Å²) in [6.45, 7) is 5.46. The Labute approximate surface area is 117 Å². The number of piperidine rings is 1. The quantitative estimate of drug-likeness (QED) is 0.927. The second-order valence-electron chi connectivity index (χ2n) is 5.22. The van der Waals surface area contributed by atoms with E-state index in [1.807, 2.05) is 6.07 Å². The van der Waals surface area contributed by atoms with Crippen molar-refractivity contribution < 1.29 is 0 Å². The number of nitrogens with one attached hydrogen (secondary N) is 1. The zero-order valence-corrected chi connectivity index (χ0v) is 12.2. The molecule has 0 atom stereocenters. The fourth-order valence-electron chi connectivity index (χ4n) is 2.07. The number of halogens is 1. The minimum atomic E-state index is 0.303. The van der Waals surface area contributed by atoms with Gasteiger partial charge in [-0.1, -0.05) is 29.9 Å². The number of aromatic nitrogens is 1.